The van der Waals surface area contributed by atoms with Crippen LogP contribution in [-0.4, -0.2) is 62.0 Å². The number of methoxy groups -OCH3 is 1. The van der Waals surface area contributed by atoms with Gasteiger partial charge in [-0.05, 0) is 26.3 Å². The Labute approximate surface area is 109 Å². The highest BCUT2D eigenvalue weighted by atomic mass is 16.5. The highest BCUT2D eigenvalue weighted by molar-refractivity contribution is 5.75. The smallest absolute Gasteiger partial charge is 0.313 e. The molecule has 1 fully saturated rings. The van der Waals surface area contributed by atoms with Crippen LogP contribution in [0.1, 0.15) is 26.7 Å². The van der Waals surface area contributed by atoms with E-state index in [1.54, 1.807) is 7.11 Å². The molecule has 0 aliphatic carbocycles. The van der Waals surface area contributed by atoms with Crippen molar-refractivity contribution in [1.29, 1.82) is 0 Å². The van der Waals surface area contributed by atoms with Gasteiger partial charge in [0.1, 0.15) is 5.41 Å². The Bertz CT molecular complexity index is 264. The van der Waals surface area contributed by atoms with Crippen LogP contribution in [0.4, 0.5) is 0 Å². The van der Waals surface area contributed by atoms with Crippen molar-refractivity contribution in [2.24, 2.45) is 5.41 Å². The fourth-order valence-corrected chi connectivity index (χ4v) is 2.53. The molecule has 0 aromatic heterocycles. The molecule has 0 saturated carbocycles. The molecule has 1 heterocycles. The van der Waals surface area contributed by atoms with Gasteiger partial charge in [0.2, 0.25) is 0 Å². The van der Waals surface area contributed by atoms with E-state index in [0.717, 1.165) is 13.0 Å². The van der Waals surface area contributed by atoms with E-state index in [0.29, 0.717) is 32.8 Å². The highest BCUT2D eigenvalue weighted by Crippen LogP contribution is 2.30. The molecule has 2 unspecified atom stereocenters. The van der Waals surface area contributed by atoms with Crippen LogP contribution in [-0.2, 0) is 14.3 Å². The number of carboxylic acids is 1. The van der Waals surface area contributed by atoms with Crippen molar-refractivity contribution in [3.05, 3.63) is 0 Å². The van der Waals surface area contributed by atoms with Crippen LogP contribution < -0.4 is 0 Å². The summed E-state index contributed by atoms with van der Waals surface area (Å²) in [7, 11) is 1.67. The number of aliphatic carboxylic acids is 1. The minimum Gasteiger partial charge on any atom is -0.481 e. The summed E-state index contributed by atoms with van der Waals surface area (Å²) in [5.41, 5.74) is -0.754. The third kappa shape index (κ3) is 3.67. The van der Waals surface area contributed by atoms with Gasteiger partial charge in [-0.25, -0.2) is 0 Å². The largest absolute Gasteiger partial charge is 0.481 e. The molecule has 5 heteroatoms. The second-order valence-corrected chi connectivity index (χ2v) is 5.11. The Kier molecular flexibility index (Phi) is 6.05. The highest BCUT2D eigenvalue weighted by Gasteiger charge is 2.42. The van der Waals surface area contributed by atoms with Crippen molar-refractivity contribution in [2.45, 2.75) is 32.7 Å². The molecule has 0 aromatic rings. The average Bonchev–Trinajstić information content (AvgIpc) is 2.37. The number of nitrogens with zero attached hydrogens (tertiary/aromatic N) is 1. The first-order valence-electron chi connectivity index (χ1n) is 6.60. The van der Waals surface area contributed by atoms with Gasteiger partial charge in [-0.1, -0.05) is 6.92 Å². The number of likely N-dealkylation sites (N-methyl/N-ethyl adjacent to an activating group) is 1. The number of ether oxygens (including phenoxy) is 2. The van der Waals surface area contributed by atoms with Crippen molar-refractivity contribution in [1.82, 2.24) is 4.90 Å². The van der Waals surface area contributed by atoms with Gasteiger partial charge in [0.05, 0.1) is 13.2 Å². The number of carbonyl (C=O) groups is 1. The second-order valence-electron chi connectivity index (χ2n) is 5.11. The Morgan fingerprint density at radius 3 is 2.78 bits per heavy atom. The fourth-order valence-electron chi connectivity index (χ4n) is 2.53. The molecule has 106 valence electrons. The molecule has 0 aromatic carbocycles. The number of carboxylic acid groups (broad SMARTS) is 1. The van der Waals surface area contributed by atoms with Crippen LogP contribution in [0, 0.1) is 5.41 Å². The van der Waals surface area contributed by atoms with Crippen molar-refractivity contribution in [2.75, 3.05) is 40.0 Å². The predicted octanol–water partition coefficient (Wildman–Crippen LogP) is 1.22. The summed E-state index contributed by atoms with van der Waals surface area (Å²) in [5, 5.41) is 9.51. The minimum absolute atomic E-state index is 0.221. The molecular weight excluding hydrogens is 234 g/mol. The zero-order valence-corrected chi connectivity index (χ0v) is 11.6. The Morgan fingerprint density at radius 2 is 2.33 bits per heavy atom. The molecule has 0 bridgehead atoms. The Hall–Kier alpha value is -0.650. The summed E-state index contributed by atoms with van der Waals surface area (Å²) in [6, 6.07) is 0.221. The minimum atomic E-state index is -0.754. The lowest BCUT2D eigenvalue weighted by molar-refractivity contribution is -0.160. The van der Waals surface area contributed by atoms with Gasteiger partial charge in [0.15, 0.2) is 0 Å². The van der Waals surface area contributed by atoms with Gasteiger partial charge < -0.3 is 14.6 Å². The van der Waals surface area contributed by atoms with Crippen molar-refractivity contribution in [3.8, 4) is 0 Å². The van der Waals surface area contributed by atoms with Crippen molar-refractivity contribution < 1.29 is 19.4 Å². The molecule has 5 nitrogen and oxygen atoms in total. The molecule has 1 N–H and O–H groups in total. The molecule has 18 heavy (non-hydrogen) atoms. The third-order valence-electron chi connectivity index (χ3n) is 3.72. The summed E-state index contributed by atoms with van der Waals surface area (Å²) in [5.74, 6) is -0.745. The van der Waals surface area contributed by atoms with Gasteiger partial charge in [0, 0.05) is 26.3 Å². The van der Waals surface area contributed by atoms with Crippen LogP contribution in [0.3, 0.4) is 0 Å². The molecule has 2 atom stereocenters. The maximum absolute atomic E-state index is 11.6. The summed E-state index contributed by atoms with van der Waals surface area (Å²) in [6.45, 7) is 7.07. The van der Waals surface area contributed by atoms with Crippen molar-refractivity contribution in [3.63, 3.8) is 0 Å². The third-order valence-corrected chi connectivity index (χ3v) is 3.72. The molecular formula is C13H25NO4. The summed E-state index contributed by atoms with van der Waals surface area (Å²) in [6.07, 6.45) is 1.51. The van der Waals surface area contributed by atoms with E-state index in [1.807, 2.05) is 6.92 Å². The van der Waals surface area contributed by atoms with Gasteiger partial charge in [-0.2, -0.15) is 0 Å². The van der Waals surface area contributed by atoms with Gasteiger partial charge in [-0.15, -0.1) is 0 Å². The lowest BCUT2D eigenvalue weighted by Gasteiger charge is -2.39. The van der Waals surface area contributed by atoms with E-state index in [1.165, 1.54) is 0 Å². The van der Waals surface area contributed by atoms with E-state index in [9.17, 15) is 9.90 Å². The molecule has 1 rings (SSSR count). The molecule has 1 saturated heterocycles. The van der Waals surface area contributed by atoms with Gasteiger partial charge in [-0.3, -0.25) is 9.69 Å². The van der Waals surface area contributed by atoms with Crippen LogP contribution >= 0.6 is 0 Å². The molecule has 1 aliphatic heterocycles. The summed E-state index contributed by atoms with van der Waals surface area (Å²) < 4.78 is 10.5. The SMILES string of the molecule is CCN(CC1(C(=O)O)CCCOC1)C(C)COC. The van der Waals surface area contributed by atoms with Crippen LogP contribution in [0.2, 0.25) is 0 Å². The first kappa shape index (κ1) is 15.4. The Balaban J connectivity index is 2.71. The lowest BCUT2D eigenvalue weighted by atomic mass is 9.81. The van der Waals surface area contributed by atoms with E-state index >= 15 is 0 Å². The maximum Gasteiger partial charge on any atom is 0.313 e. The molecule has 0 spiro atoms. The number of hydrogen-bond acceptors (Lipinski definition) is 4. The first-order valence-corrected chi connectivity index (χ1v) is 6.60. The van der Waals surface area contributed by atoms with Gasteiger partial charge >= 0.3 is 5.97 Å². The van der Waals surface area contributed by atoms with Crippen LogP contribution in [0.15, 0.2) is 0 Å². The quantitative estimate of drug-likeness (QED) is 0.745. The normalized spacial score (nSPS) is 26.2. The van der Waals surface area contributed by atoms with E-state index in [4.69, 9.17) is 9.47 Å². The average molecular weight is 259 g/mol. The molecule has 0 radical (unpaired) electrons. The monoisotopic (exact) mass is 259 g/mol. The second kappa shape index (κ2) is 7.07. The fraction of sp³-hybridized carbons (Fsp3) is 0.923. The van der Waals surface area contributed by atoms with Crippen LogP contribution in [0.25, 0.3) is 0 Å². The Morgan fingerprint density at radius 1 is 1.61 bits per heavy atom. The topological polar surface area (TPSA) is 59.0 Å². The van der Waals surface area contributed by atoms with Gasteiger partial charge in [0.25, 0.3) is 0 Å². The summed E-state index contributed by atoms with van der Waals surface area (Å²) >= 11 is 0. The first-order chi connectivity index (χ1) is 8.55. The summed E-state index contributed by atoms with van der Waals surface area (Å²) in [4.78, 5) is 13.7. The number of rotatable bonds is 7. The van der Waals surface area contributed by atoms with E-state index in [-0.39, 0.29) is 6.04 Å². The van der Waals surface area contributed by atoms with Crippen LogP contribution in [0.5, 0.6) is 0 Å². The standard InChI is InChI=1S/C13H25NO4/c1-4-14(11(2)8-17-3)9-13(12(15)16)6-5-7-18-10-13/h11H,4-10H2,1-3H3,(H,15,16). The number of hydrogen-bond donors (Lipinski definition) is 1. The van der Waals surface area contributed by atoms with Crippen molar-refractivity contribution >= 4 is 5.97 Å². The maximum atomic E-state index is 11.6. The predicted molar refractivity (Wildman–Crippen MR) is 68.7 cm³/mol. The zero-order valence-electron chi connectivity index (χ0n) is 11.6. The molecule has 1 aliphatic rings. The lowest BCUT2D eigenvalue weighted by Crippen LogP contribution is -2.51. The zero-order chi connectivity index (χ0) is 13.6. The van der Waals surface area contributed by atoms with E-state index in [2.05, 4.69) is 11.8 Å². The molecule has 0 amide bonds. The van der Waals surface area contributed by atoms with E-state index < -0.39 is 11.4 Å².